The van der Waals surface area contributed by atoms with Crippen LogP contribution in [0.3, 0.4) is 0 Å². The van der Waals surface area contributed by atoms with Crippen LogP contribution in [0.4, 0.5) is 0 Å². The van der Waals surface area contributed by atoms with E-state index in [0.717, 1.165) is 0 Å². The van der Waals surface area contributed by atoms with E-state index in [9.17, 15) is 0 Å². The third-order valence-corrected chi connectivity index (χ3v) is 3.16. The van der Waals surface area contributed by atoms with Crippen molar-refractivity contribution < 1.29 is 0 Å². The Balaban J connectivity index is 2.00. The van der Waals surface area contributed by atoms with Gasteiger partial charge >= 0.3 is 0 Å². The first-order valence-corrected chi connectivity index (χ1v) is 4.90. The van der Waals surface area contributed by atoms with E-state index in [1.807, 2.05) is 11.3 Å². The zero-order valence-electron chi connectivity index (χ0n) is 6.76. The second-order valence-corrected chi connectivity index (χ2v) is 4.70. The molecule has 60 valence electrons. The normalized spacial score (nSPS) is 21.2. The van der Waals surface area contributed by atoms with E-state index < -0.39 is 0 Å². The van der Waals surface area contributed by atoms with Gasteiger partial charge in [0.2, 0.25) is 0 Å². The lowest BCUT2D eigenvalue weighted by Crippen LogP contribution is -2.52. The lowest BCUT2D eigenvalue weighted by atomic mass is 9.80. The Kier molecular flexibility index (Phi) is 1.74. The molecule has 1 nitrogen and oxygen atoms in total. The van der Waals surface area contributed by atoms with Crippen molar-refractivity contribution in [2.24, 2.45) is 5.41 Å². The molecule has 1 aliphatic heterocycles. The molecule has 0 aliphatic carbocycles. The highest BCUT2D eigenvalue weighted by atomic mass is 32.1. The lowest BCUT2D eigenvalue weighted by molar-refractivity contribution is 0.197. The Bertz CT molecular complexity index is 224. The number of thiophene rings is 1. The molecule has 0 spiro atoms. The highest BCUT2D eigenvalue weighted by molar-refractivity contribution is 7.09. The lowest BCUT2D eigenvalue weighted by Gasteiger charge is -2.39. The Morgan fingerprint density at radius 1 is 1.64 bits per heavy atom. The van der Waals surface area contributed by atoms with Crippen molar-refractivity contribution in [3.63, 3.8) is 0 Å². The first-order valence-electron chi connectivity index (χ1n) is 4.02. The van der Waals surface area contributed by atoms with Gasteiger partial charge in [-0.05, 0) is 23.3 Å². The molecule has 2 heteroatoms. The van der Waals surface area contributed by atoms with E-state index in [1.165, 1.54) is 24.4 Å². The highest BCUT2D eigenvalue weighted by Gasteiger charge is 2.31. The van der Waals surface area contributed by atoms with Gasteiger partial charge in [-0.2, -0.15) is 0 Å². The SMILES string of the molecule is CC1(Cc2cccs2)CNC1. The number of hydrogen-bond acceptors (Lipinski definition) is 2. The fraction of sp³-hybridized carbons (Fsp3) is 0.556. The monoisotopic (exact) mass is 167 g/mol. The van der Waals surface area contributed by atoms with E-state index in [2.05, 4.69) is 29.8 Å². The van der Waals surface area contributed by atoms with Crippen LogP contribution in [0.1, 0.15) is 11.8 Å². The Labute approximate surface area is 71.4 Å². The summed E-state index contributed by atoms with van der Waals surface area (Å²) in [5, 5.41) is 5.48. The Hall–Kier alpha value is -0.340. The maximum atomic E-state index is 3.32. The average Bonchev–Trinajstić information content (AvgIpc) is 2.36. The molecule has 1 N–H and O–H groups in total. The topological polar surface area (TPSA) is 12.0 Å². The predicted octanol–water partition coefficient (Wildman–Crippen LogP) is 1.90. The van der Waals surface area contributed by atoms with Crippen LogP contribution in [0.15, 0.2) is 17.5 Å². The quantitative estimate of drug-likeness (QED) is 0.709. The van der Waals surface area contributed by atoms with Gasteiger partial charge in [0.1, 0.15) is 0 Å². The van der Waals surface area contributed by atoms with Gasteiger partial charge in [-0.1, -0.05) is 13.0 Å². The van der Waals surface area contributed by atoms with Crippen molar-refractivity contribution in [1.82, 2.24) is 5.32 Å². The van der Waals surface area contributed by atoms with Crippen molar-refractivity contribution in [1.29, 1.82) is 0 Å². The van der Waals surface area contributed by atoms with Gasteiger partial charge in [-0.15, -0.1) is 11.3 Å². The fourth-order valence-electron chi connectivity index (χ4n) is 1.51. The molecule has 2 heterocycles. The van der Waals surface area contributed by atoms with Crippen LogP contribution in [0.2, 0.25) is 0 Å². The zero-order valence-corrected chi connectivity index (χ0v) is 7.58. The minimum absolute atomic E-state index is 0.546. The summed E-state index contributed by atoms with van der Waals surface area (Å²) in [6, 6.07) is 4.36. The molecule has 2 rings (SSSR count). The number of nitrogens with one attached hydrogen (secondary N) is 1. The minimum atomic E-state index is 0.546. The van der Waals surface area contributed by atoms with Gasteiger partial charge in [0.15, 0.2) is 0 Å². The van der Waals surface area contributed by atoms with Crippen molar-refractivity contribution in [3.8, 4) is 0 Å². The highest BCUT2D eigenvalue weighted by Crippen LogP contribution is 2.28. The molecule has 0 atom stereocenters. The molecule has 0 bridgehead atoms. The van der Waals surface area contributed by atoms with Crippen LogP contribution in [0, 0.1) is 5.41 Å². The smallest absolute Gasteiger partial charge is 0.00516 e. The third-order valence-electron chi connectivity index (χ3n) is 2.28. The van der Waals surface area contributed by atoms with Crippen LogP contribution in [0.25, 0.3) is 0 Å². The van der Waals surface area contributed by atoms with Gasteiger partial charge in [-0.3, -0.25) is 0 Å². The van der Waals surface area contributed by atoms with Crippen molar-refractivity contribution in [3.05, 3.63) is 22.4 Å². The van der Waals surface area contributed by atoms with Crippen LogP contribution < -0.4 is 5.32 Å². The van der Waals surface area contributed by atoms with Crippen molar-refractivity contribution in [2.45, 2.75) is 13.3 Å². The first-order chi connectivity index (χ1) is 5.29. The van der Waals surface area contributed by atoms with Gasteiger partial charge in [0.25, 0.3) is 0 Å². The van der Waals surface area contributed by atoms with E-state index in [-0.39, 0.29) is 0 Å². The largest absolute Gasteiger partial charge is 0.316 e. The zero-order chi connectivity index (χ0) is 7.73. The summed E-state index contributed by atoms with van der Waals surface area (Å²) < 4.78 is 0. The molecular weight excluding hydrogens is 154 g/mol. The molecule has 1 aromatic heterocycles. The molecule has 11 heavy (non-hydrogen) atoms. The summed E-state index contributed by atoms with van der Waals surface area (Å²) in [5.74, 6) is 0. The number of rotatable bonds is 2. The summed E-state index contributed by atoms with van der Waals surface area (Å²) in [7, 11) is 0. The molecule has 0 aromatic carbocycles. The van der Waals surface area contributed by atoms with Crippen LogP contribution in [-0.4, -0.2) is 13.1 Å². The summed E-state index contributed by atoms with van der Waals surface area (Å²) >= 11 is 1.87. The van der Waals surface area contributed by atoms with Crippen molar-refractivity contribution >= 4 is 11.3 Å². The van der Waals surface area contributed by atoms with Gasteiger partial charge in [-0.25, -0.2) is 0 Å². The molecule has 0 unspecified atom stereocenters. The summed E-state index contributed by atoms with van der Waals surface area (Å²) in [4.78, 5) is 1.52. The molecule has 0 amide bonds. The predicted molar refractivity (Wildman–Crippen MR) is 49.0 cm³/mol. The summed E-state index contributed by atoms with van der Waals surface area (Å²) in [6.07, 6.45) is 1.25. The van der Waals surface area contributed by atoms with Gasteiger partial charge in [0, 0.05) is 18.0 Å². The third kappa shape index (κ3) is 1.47. The van der Waals surface area contributed by atoms with Crippen LogP contribution >= 0.6 is 11.3 Å². The van der Waals surface area contributed by atoms with Crippen molar-refractivity contribution in [2.75, 3.05) is 13.1 Å². The maximum absolute atomic E-state index is 3.32. The second kappa shape index (κ2) is 2.61. The molecule has 1 aliphatic rings. The molecule has 1 aromatic rings. The molecule has 0 radical (unpaired) electrons. The second-order valence-electron chi connectivity index (χ2n) is 3.67. The van der Waals surface area contributed by atoms with E-state index in [1.54, 1.807) is 0 Å². The minimum Gasteiger partial charge on any atom is -0.316 e. The molecule has 0 saturated carbocycles. The summed E-state index contributed by atoms with van der Waals surface area (Å²) in [6.45, 7) is 4.72. The van der Waals surface area contributed by atoms with Gasteiger partial charge in [0.05, 0.1) is 0 Å². The van der Waals surface area contributed by atoms with E-state index in [4.69, 9.17) is 0 Å². The maximum Gasteiger partial charge on any atom is 0.00516 e. The fourth-order valence-corrected chi connectivity index (χ4v) is 2.43. The summed E-state index contributed by atoms with van der Waals surface area (Å²) in [5.41, 5.74) is 0.546. The number of hydrogen-bond donors (Lipinski definition) is 1. The first kappa shape index (κ1) is 7.32. The molecule has 1 saturated heterocycles. The average molecular weight is 167 g/mol. The Morgan fingerprint density at radius 3 is 2.91 bits per heavy atom. The van der Waals surface area contributed by atoms with E-state index >= 15 is 0 Å². The molecule has 1 fully saturated rings. The Morgan fingerprint density at radius 2 is 2.45 bits per heavy atom. The molecular formula is C9H13NS. The van der Waals surface area contributed by atoms with Crippen LogP contribution in [0.5, 0.6) is 0 Å². The van der Waals surface area contributed by atoms with Gasteiger partial charge < -0.3 is 5.32 Å². The standard InChI is InChI=1S/C9H13NS/c1-9(6-10-7-9)5-8-3-2-4-11-8/h2-4,10H,5-7H2,1H3. The van der Waals surface area contributed by atoms with E-state index in [0.29, 0.717) is 5.41 Å². The van der Waals surface area contributed by atoms with Crippen LogP contribution in [-0.2, 0) is 6.42 Å².